The first-order valence-electron chi connectivity index (χ1n) is 6.78. The van der Waals surface area contributed by atoms with Gasteiger partial charge in [0.2, 0.25) is 0 Å². The monoisotopic (exact) mass is 298 g/mol. The molecule has 5 heteroatoms. The van der Waals surface area contributed by atoms with Crippen LogP contribution in [0.2, 0.25) is 0 Å². The summed E-state index contributed by atoms with van der Waals surface area (Å²) in [5.74, 6) is 0.777. The van der Waals surface area contributed by atoms with Gasteiger partial charge in [-0.1, -0.05) is 17.7 Å². The highest BCUT2D eigenvalue weighted by atomic mass is 35.5. The standard InChI is InChI=1S/C15H22N2O2.ClH/c1-11-4-6-14(7-5-11)19-12(2)15(18)17(3)13-8-9-16-10-13;/h4-7,12-13,16H,8-10H2,1-3H3;1H. The Bertz CT molecular complexity index is 430. The fraction of sp³-hybridized carbons (Fsp3) is 0.533. The largest absolute Gasteiger partial charge is 0.481 e. The number of nitrogens with one attached hydrogen (secondary N) is 1. The minimum Gasteiger partial charge on any atom is -0.481 e. The maximum absolute atomic E-state index is 12.3. The van der Waals surface area contributed by atoms with Crippen molar-refractivity contribution in [3.8, 4) is 5.75 Å². The van der Waals surface area contributed by atoms with E-state index in [-0.39, 0.29) is 24.4 Å². The van der Waals surface area contributed by atoms with Crippen molar-refractivity contribution in [3.63, 3.8) is 0 Å². The van der Waals surface area contributed by atoms with Crippen LogP contribution in [0.5, 0.6) is 5.75 Å². The van der Waals surface area contributed by atoms with Crippen LogP contribution in [0.3, 0.4) is 0 Å². The second kappa shape index (κ2) is 7.50. The number of rotatable bonds is 4. The third-order valence-electron chi connectivity index (χ3n) is 3.61. The number of amides is 1. The van der Waals surface area contributed by atoms with E-state index in [0.29, 0.717) is 0 Å². The number of hydrogen-bond acceptors (Lipinski definition) is 3. The number of halogens is 1. The first-order chi connectivity index (χ1) is 9.08. The average molecular weight is 299 g/mol. The number of carbonyl (C=O) groups excluding carboxylic acids is 1. The molecule has 112 valence electrons. The molecule has 1 N–H and O–H groups in total. The molecule has 1 fully saturated rings. The second-order valence-corrected chi connectivity index (χ2v) is 5.17. The van der Waals surface area contributed by atoms with Crippen LogP contribution in [0.1, 0.15) is 18.9 Å². The summed E-state index contributed by atoms with van der Waals surface area (Å²) in [6.07, 6.45) is 0.563. The van der Waals surface area contributed by atoms with Crippen molar-refractivity contribution in [3.05, 3.63) is 29.8 Å². The predicted molar refractivity (Wildman–Crippen MR) is 82.6 cm³/mol. The highest BCUT2D eigenvalue weighted by Crippen LogP contribution is 2.15. The molecule has 1 aliphatic rings. The predicted octanol–water partition coefficient (Wildman–Crippen LogP) is 2.00. The quantitative estimate of drug-likeness (QED) is 0.924. The smallest absolute Gasteiger partial charge is 0.263 e. The number of nitrogens with zero attached hydrogens (tertiary/aromatic N) is 1. The van der Waals surface area contributed by atoms with Gasteiger partial charge in [-0.2, -0.15) is 0 Å². The molecular weight excluding hydrogens is 276 g/mol. The second-order valence-electron chi connectivity index (χ2n) is 5.17. The van der Waals surface area contributed by atoms with Gasteiger partial charge in [0.05, 0.1) is 0 Å². The molecule has 0 aliphatic carbocycles. The van der Waals surface area contributed by atoms with E-state index in [9.17, 15) is 4.79 Å². The number of carbonyl (C=O) groups is 1. The zero-order chi connectivity index (χ0) is 13.8. The third-order valence-corrected chi connectivity index (χ3v) is 3.61. The van der Waals surface area contributed by atoms with Crippen molar-refractivity contribution in [2.45, 2.75) is 32.4 Å². The summed E-state index contributed by atoms with van der Waals surface area (Å²) in [6.45, 7) is 5.69. The van der Waals surface area contributed by atoms with Gasteiger partial charge in [-0.25, -0.2) is 0 Å². The molecule has 1 aromatic carbocycles. The molecule has 2 unspecified atom stereocenters. The highest BCUT2D eigenvalue weighted by Gasteiger charge is 2.27. The van der Waals surface area contributed by atoms with Gasteiger partial charge in [-0.3, -0.25) is 4.79 Å². The van der Waals surface area contributed by atoms with E-state index in [2.05, 4.69) is 5.32 Å². The van der Waals surface area contributed by atoms with E-state index >= 15 is 0 Å². The molecule has 0 aromatic heterocycles. The molecule has 0 bridgehead atoms. The first kappa shape index (κ1) is 16.8. The van der Waals surface area contributed by atoms with E-state index in [1.807, 2.05) is 38.2 Å². The van der Waals surface area contributed by atoms with Gasteiger partial charge >= 0.3 is 0 Å². The average Bonchev–Trinajstić information content (AvgIpc) is 2.93. The normalized spacial score (nSPS) is 19.1. The summed E-state index contributed by atoms with van der Waals surface area (Å²) in [6, 6.07) is 8.05. The van der Waals surface area contributed by atoms with Gasteiger partial charge in [-0.05, 0) is 38.9 Å². The molecule has 4 nitrogen and oxygen atoms in total. The minimum atomic E-state index is -0.451. The zero-order valence-corrected chi connectivity index (χ0v) is 13.1. The third kappa shape index (κ3) is 4.12. The maximum Gasteiger partial charge on any atom is 0.263 e. The Labute approximate surface area is 126 Å². The van der Waals surface area contributed by atoms with E-state index < -0.39 is 6.10 Å². The number of hydrogen-bond donors (Lipinski definition) is 1. The lowest BCUT2D eigenvalue weighted by atomic mass is 10.2. The Morgan fingerprint density at radius 2 is 2.05 bits per heavy atom. The molecule has 2 rings (SSSR count). The first-order valence-corrected chi connectivity index (χ1v) is 6.78. The van der Waals surface area contributed by atoms with Crippen molar-refractivity contribution < 1.29 is 9.53 Å². The number of ether oxygens (including phenoxy) is 1. The highest BCUT2D eigenvalue weighted by molar-refractivity contribution is 5.85. The van der Waals surface area contributed by atoms with E-state index in [1.165, 1.54) is 5.56 Å². The Balaban J connectivity index is 0.00000200. The van der Waals surface area contributed by atoms with E-state index in [4.69, 9.17) is 4.74 Å². The summed E-state index contributed by atoms with van der Waals surface area (Å²) >= 11 is 0. The summed E-state index contributed by atoms with van der Waals surface area (Å²) in [5, 5.41) is 3.27. The van der Waals surface area contributed by atoms with Crippen LogP contribution in [0.25, 0.3) is 0 Å². The van der Waals surface area contributed by atoms with Crippen LogP contribution in [0.4, 0.5) is 0 Å². The summed E-state index contributed by atoms with van der Waals surface area (Å²) in [7, 11) is 1.86. The lowest BCUT2D eigenvalue weighted by molar-refractivity contribution is -0.138. The maximum atomic E-state index is 12.3. The molecule has 20 heavy (non-hydrogen) atoms. The molecule has 1 aromatic rings. The van der Waals surface area contributed by atoms with E-state index in [1.54, 1.807) is 11.8 Å². The molecule has 1 aliphatic heterocycles. The van der Waals surface area contributed by atoms with Crippen LogP contribution in [-0.2, 0) is 4.79 Å². The SMILES string of the molecule is Cc1ccc(OC(C)C(=O)N(C)C2CCNC2)cc1.Cl. The molecular formula is C15H23ClN2O2. The summed E-state index contributed by atoms with van der Waals surface area (Å²) in [4.78, 5) is 14.1. The molecule has 0 radical (unpaired) electrons. The van der Waals surface area contributed by atoms with Gasteiger partial charge in [0, 0.05) is 19.6 Å². The Morgan fingerprint density at radius 1 is 1.40 bits per heavy atom. The molecule has 1 amide bonds. The van der Waals surface area contributed by atoms with Gasteiger partial charge in [0.15, 0.2) is 6.10 Å². The molecule has 2 atom stereocenters. The fourth-order valence-corrected chi connectivity index (χ4v) is 2.31. The Hall–Kier alpha value is -1.26. The Kier molecular flexibility index (Phi) is 6.30. The van der Waals surface area contributed by atoms with E-state index in [0.717, 1.165) is 25.3 Å². The number of aryl methyl sites for hydroxylation is 1. The van der Waals surface area contributed by atoms with Crippen LogP contribution >= 0.6 is 12.4 Å². The molecule has 0 saturated carbocycles. The number of benzene rings is 1. The van der Waals surface area contributed by atoms with Crippen LogP contribution < -0.4 is 10.1 Å². The van der Waals surface area contributed by atoms with Crippen molar-refractivity contribution in [1.82, 2.24) is 10.2 Å². The lowest BCUT2D eigenvalue weighted by Crippen LogP contribution is -2.44. The Morgan fingerprint density at radius 3 is 2.60 bits per heavy atom. The van der Waals surface area contributed by atoms with Gasteiger partial charge in [0.1, 0.15) is 5.75 Å². The van der Waals surface area contributed by atoms with Crippen LogP contribution in [-0.4, -0.2) is 43.1 Å². The van der Waals surface area contributed by atoms with Crippen molar-refractivity contribution in [1.29, 1.82) is 0 Å². The number of likely N-dealkylation sites (N-methyl/N-ethyl adjacent to an activating group) is 1. The molecule has 0 spiro atoms. The zero-order valence-electron chi connectivity index (χ0n) is 12.3. The van der Waals surface area contributed by atoms with Crippen molar-refractivity contribution in [2.24, 2.45) is 0 Å². The van der Waals surface area contributed by atoms with Crippen molar-refractivity contribution >= 4 is 18.3 Å². The minimum absolute atomic E-state index is 0. The fourth-order valence-electron chi connectivity index (χ4n) is 2.31. The molecule has 1 heterocycles. The molecule has 1 saturated heterocycles. The van der Waals surface area contributed by atoms with Crippen LogP contribution in [0.15, 0.2) is 24.3 Å². The van der Waals surface area contributed by atoms with Gasteiger partial charge in [0.25, 0.3) is 5.91 Å². The van der Waals surface area contributed by atoms with Gasteiger partial charge < -0.3 is 15.0 Å². The lowest BCUT2D eigenvalue weighted by Gasteiger charge is -2.27. The van der Waals surface area contributed by atoms with Crippen molar-refractivity contribution in [2.75, 3.05) is 20.1 Å². The summed E-state index contributed by atoms with van der Waals surface area (Å²) < 4.78 is 5.70. The topological polar surface area (TPSA) is 41.6 Å². The summed E-state index contributed by atoms with van der Waals surface area (Å²) in [5.41, 5.74) is 1.18. The van der Waals surface area contributed by atoms with Gasteiger partial charge in [-0.15, -0.1) is 12.4 Å². The van der Waals surface area contributed by atoms with Crippen LogP contribution in [0, 0.1) is 6.92 Å².